The second kappa shape index (κ2) is 11.4. The highest BCUT2D eigenvalue weighted by Crippen LogP contribution is 2.39. The third-order valence-corrected chi connectivity index (χ3v) is 7.26. The van der Waals surface area contributed by atoms with Crippen molar-refractivity contribution in [3.8, 4) is 0 Å². The van der Waals surface area contributed by atoms with Crippen LogP contribution in [0, 0.1) is 20.2 Å². The van der Waals surface area contributed by atoms with Crippen molar-refractivity contribution in [1.29, 1.82) is 0 Å². The van der Waals surface area contributed by atoms with Gasteiger partial charge in [0, 0.05) is 60.2 Å². The lowest BCUT2D eigenvalue weighted by Crippen LogP contribution is -2.40. The Bertz CT molecular complexity index is 1200. The summed E-state index contributed by atoms with van der Waals surface area (Å²) in [5.41, 5.74) is 4.59. The van der Waals surface area contributed by atoms with Crippen molar-refractivity contribution in [2.45, 2.75) is 64.5 Å². The van der Waals surface area contributed by atoms with Crippen LogP contribution in [-0.4, -0.2) is 47.1 Å². The number of amides is 1. The lowest BCUT2D eigenvalue weighted by atomic mass is 9.98. The number of carbonyl (C=O) groups excluding carboxylic acids is 1. The van der Waals surface area contributed by atoms with Crippen LogP contribution in [-0.2, 0) is 0 Å². The smallest absolute Gasteiger partial charge is 0.293 e. The molecule has 196 valence electrons. The molecule has 2 saturated heterocycles. The Labute approximate surface area is 215 Å². The highest BCUT2D eigenvalue weighted by molar-refractivity contribution is 5.96. The average Bonchev–Trinajstić information content (AvgIpc) is 2.89. The fourth-order valence-corrected chi connectivity index (χ4v) is 5.18. The predicted octanol–water partition coefficient (Wildman–Crippen LogP) is 5.02. The number of carbonyl (C=O) groups is 1. The Balaban J connectivity index is 1.67. The van der Waals surface area contributed by atoms with Crippen molar-refractivity contribution < 1.29 is 14.6 Å². The van der Waals surface area contributed by atoms with Gasteiger partial charge in [-0.15, -0.1) is 0 Å². The molecule has 2 aromatic rings. The van der Waals surface area contributed by atoms with Crippen LogP contribution in [0.1, 0.15) is 68.3 Å². The third kappa shape index (κ3) is 5.87. The van der Waals surface area contributed by atoms with Gasteiger partial charge in [-0.2, -0.15) is 5.10 Å². The molecule has 37 heavy (non-hydrogen) atoms. The largest absolute Gasteiger partial charge is 0.368 e. The van der Waals surface area contributed by atoms with Crippen LogP contribution in [0.3, 0.4) is 0 Å². The molecule has 11 heteroatoms. The summed E-state index contributed by atoms with van der Waals surface area (Å²) < 4.78 is 0. The third-order valence-electron chi connectivity index (χ3n) is 7.26. The molecular formula is C26H32N6O5. The topological polar surface area (TPSA) is 134 Å². The van der Waals surface area contributed by atoms with Crippen LogP contribution in [0.15, 0.2) is 41.5 Å². The van der Waals surface area contributed by atoms with E-state index in [2.05, 4.69) is 34.2 Å². The molecule has 2 atom stereocenters. The number of nitrogens with one attached hydrogen (secondary N) is 1. The van der Waals surface area contributed by atoms with Crippen molar-refractivity contribution in [1.82, 2.24) is 5.43 Å². The van der Waals surface area contributed by atoms with E-state index in [-0.39, 0.29) is 33.9 Å². The minimum atomic E-state index is -0.538. The minimum Gasteiger partial charge on any atom is -0.368 e. The summed E-state index contributed by atoms with van der Waals surface area (Å²) in [6.07, 6.45) is 7.73. The first-order valence-electron chi connectivity index (χ1n) is 12.7. The van der Waals surface area contributed by atoms with E-state index < -0.39 is 10.8 Å². The summed E-state index contributed by atoms with van der Waals surface area (Å²) in [7, 11) is 0. The number of nitrogens with zero attached hydrogens (tertiary/aromatic N) is 5. The summed E-state index contributed by atoms with van der Waals surface area (Å²) in [6.45, 7) is 5.87. The number of non-ortho nitro benzene ring substituents is 1. The number of nitro benzene ring substituents is 2. The van der Waals surface area contributed by atoms with Gasteiger partial charge < -0.3 is 9.80 Å². The molecule has 1 N–H and O–H groups in total. The van der Waals surface area contributed by atoms with E-state index in [0.717, 1.165) is 57.3 Å². The van der Waals surface area contributed by atoms with E-state index in [1.54, 1.807) is 6.07 Å². The Morgan fingerprint density at radius 2 is 1.51 bits per heavy atom. The molecule has 4 rings (SSSR count). The molecule has 0 bridgehead atoms. The van der Waals surface area contributed by atoms with Crippen molar-refractivity contribution >= 4 is 34.9 Å². The summed E-state index contributed by atoms with van der Waals surface area (Å²) >= 11 is 0. The number of hydrogen-bond acceptors (Lipinski definition) is 8. The van der Waals surface area contributed by atoms with Crippen LogP contribution in [0.25, 0.3) is 0 Å². The van der Waals surface area contributed by atoms with Gasteiger partial charge in [0.25, 0.3) is 17.3 Å². The van der Waals surface area contributed by atoms with E-state index in [1.807, 2.05) is 6.07 Å². The highest BCUT2D eigenvalue weighted by atomic mass is 16.6. The molecule has 2 aliphatic rings. The van der Waals surface area contributed by atoms with E-state index >= 15 is 0 Å². The second-order valence-corrected chi connectivity index (χ2v) is 9.74. The van der Waals surface area contributed by atoms with Gasteiger partial charge in [0.2, 0.25) is 0 Å². The molecule has 0 saturated carbocycles. The lowest BCUT2D eigenvalue weighted by Gasteiger charge is -2.39. The number of rotatable bonds is 7. The number of nitro groups is 2. The number of benzene rings is 2. The Morgan fingerprint density at radius 3 is 2.05 bits per heavy atom. The zero-order valence-electron chi connectivity index (χ0n) is 21.1. The lowest BCUT2D eigenvalue weighted by molar-refractivity contribution is -0.384. The van der Waals surface area contributed by atoms with Crippen LogP contribution in [0.4, 0.5) is 22.7 Å². The number of hydrazone groups is 1. The molecule has 0 spiro atoms. The number of anilines is 2. The normalized spacial score (nSPS) is 20.2. The number of piperidine rings is 2. The zero-order valence-corrected chi connectivity index (χ0v) is 21.1. The molecular weight excluding hydrogens is 476 g/mol. The minimum absolute atomic E-state index is 0.0188. The van der Waals surface area contributed by atoms with Gasteiger partial charge in [-0.3, -0.25) is 25.0 Å². The first-order valence-corrected chi connectivity index (χ1v) is 12.7. The molecule has 11 nitrogen and oxygen atoms in total. The maximum atomic E-state index is 12.5. The van der Waals surface area contributed by atoms with Gasteiger partial charge >= 0.3 is 0 Å². The van der Waals surface area contributed by atoms with Crippen molar-refractivity contribution in [2.24, 2.45) is 5.10 Å². The maximum absolute atomic E-state index is 12.5. The van der Waals surface area contributed by atoms with Gasteiger partial charge in [0.05, 0.1) is 16.1 Å². The fourth-order valence-electron chi connectivity index (χ4n) is 5.18. The highest BCUT2D eigenvalue weighted by Gasteiger charge is 2.30. The van der Waals surface area contributed by atoms with Crippen LogP contribution in [0.5, 0.6) is 0 Å². The molecule has 2 aromatic carbocycles. The van der Waals surface area contributed by atoms with Crippen LogP contribution < -0.4 is 15.2 Å². The van der Waals surface area contributed by atoms with E-state index in [4.69, 9.17) is 0 Å². The van der Waals surface area contributed by atoms with Gasteiger partial charge in [-0.25, -0.2) is 5.43 Å². The molecule has 0 aliphatic carbocycles. The summed E-state index contributed by atoms with van der Waals surface area (Å²) in [5.74, 6) is -0.535. The number of hydrogen-bond donors (Lipinski definition) is 1. The first kappa shape index (κ1) is 26.1. The van der Waals surface area contributed by atoms with Gasteiger partial charge in [-0.1, -0.05) is 0 Å². The summed E-state index contributed by atoms with van der Waals surface area (Å²) in [5, 5.41) is 27.1. The van der Waals surface area contributed by atoms with E-state index in [1.165, 1.54) is 30.5 Å². The molecule has 0 aromatic heterocycles. The monoisotopic (exact) mass is 508 g/mol. The van der Waals surface area contributed by atoms with Crippen molar-refractivity contribution in [2.75, 3.05) is 22.9 Å². The molecule has 2 fully saturated rings. The van der Waals surface area contributed by atoms with Gasteiger partial charge in [0.1, 0.15) is 5.69 Å². The molecule has 2 aliphatic heterocycles. The Kier molecular flexibility index (Phi) is 8.00. The molecule has 2 heterocycles. The first-order chi connectivity index (χ1) is 17.8. The quantitative estimate of drug-likeness (QED) is 0.315. The molecule has 1 amide bonds. The maximum Gasteiger partial charge on any atom is 0.293 e. The second-order valence-electron chi connectivity index (χ2n) is 9.74. The average molecular weight is 509 g/mol. The predicted molar refractivity (Wildman–Crippen MR) is 143 cm³/mol. The van der Waals surface area contributed by atoms with Crippen LogP contribution >= 0.6 is 0 Å². The zero-order chi connectivity index (χ0) is 26.5. The van der Waals surface area contributed by atoms with Crippen LogP contribution in [0.2, 0.25) is 0 Å². The van der Waals surface area contributed by atoms with Gasteiger partial charge in [-0.05, 0) is 70.6 Å². The summed E-state index contributed by atoms with van der Waals surface area (Å²) in [4.78, 5) is 39.0. The van der Waals surface area contributed by atoms with E-state index in [9.17, 15) is 25.0 Å². The summed E-state index contributed by atoms with van der Waals surface area (Å²) in [6, 6.07) is 9.14. The van der Waals surface area contributed by atoms with Crippen molar-refractivity contribution in [3.05, 3.63) is 67.8 Å². The molecule has 0 unspecified atom stereocenters. The standard InChI is InChI=1S/C26H32N6O5/c1-18-7-3-5-13-29(18)23-16-24(30-14-6-4-8-19(30)2)25(32(36)37)15-21(23)17-27-28-26(33)20-9-11-22(12-10-20)31(34)35/h9-12,15-19H,3-8,13-14H2,1-2H3,(H,28,33)/b27-17+/t18-,19+/m0/s1. The van der Waals surface area contributed by atoms with Crippen molar-refractivity contribution in [3.63, 3.8) is 0 Å². The SMILES string of the molecule is C[C@@H]1CCCCN1c1cc(N2CCCC[C@@H]2C)c(/C=N/NC(=O)c2ccc([N+](=O)[O-])cc2)cc1[N+](=O)[O-]. The van der Waals surface area contributed by atoms with E-state index in [0.29, 0.717) is 11.3 Å². The molecule has 0 radical (unpaired) electrons. The van der Waals surface area contributed by atoms with Gasteiger partial charge in [0.15, 0.2) is 0 Å². The Morgan fingerprint density at radius 1 is 0.919 bits per heavy atom. The Hall–Kier alpha value is -4.02. The fraction of sp³-hybridized carbons (Fsp3) is 0.462.